The van der Waals surface area contributed by atoms with Gasteiger partial charge in [0.2, 0.25) is 0 Å². The van der Waals surface area contributed by atoms with E-state index in [0.717, 1.165) is 29.8 Å². The minimum absolute atomic E-state index is 0.0550. The van der Waals surface area contributed by atoms with Gasteiger partial charge in [-0.25, -0.2) is 0 Å². The average molecular weight is 354 g/mol. The quantitative estimate of drug-likeness (QED) is 0.632. The molecule has 3 rings (SSSR count). The van der Waals surface area contributed by atoms with Crippen LogP contribution in [0.4, 0.5) is 11.4 Å². The normalized spacial score (nSPS) is 18.8. The van der Waals surface area contributed by atoms with E-state index >= 15 is 0 Å². The highest BCUT2D eigenvalue weighted by molar-refractivity contribution is 6.01. The number of carbonyl (C=O) groups is 1. The van der Waals surface area contributed by atoms with E-state index in [4.69, 9.17) is 15.2 Å². The maximum atomic E-state index is 13.1. The van der Waals surface area contributed by atoms with Crippen LogP contribution in [0.3, 0.4) is 0 Å². The zero-order valence-corrected chi connectivity index (χ0v) is 15.8. The maximum Gasteiger partial charge on any atom is 0.170 e. The monoisotopic (exact) mass is 354 g/mol. The molecule has 5 nitrogen and oxygen atoms in total. The van der Waals surface area contributed by atoms with Gasteiger partial charge in [0.1, 0.15) is 11.5 Å². The second-order valence-electron chi connectivity index (χ2n) is 6.93. The van der Waals surface area contributed by atoms with E-state index in [1.165, 1.54) is 0 Å². The molecule has 2 aromatic rings. The molecule has 0 bridgehead atoms. The van der Waals surface area contributed by atoms with E-state index in [1.54, 1.807) is 32.4 Å². The van der Waals surface area contributed by atoms with Gasteiger partial charge in [0, 0.05) is 20.0 Å². The van der Waals surface area contributed by atoms with E-state index in [0.29, 0.717) is 17.1 Å². The lowest BCUT2D eigenvalue weighted by atomic mass is 9.67. The number of carbonyl (C=O) groups excluding carboxylic acids is 1. The van der Waals surface area contributed by atoms with Gasteiger partial charge in [-0.15, -0.1) is 0 Å². The summed E-state index contributed by atoms with van der Waals surface area (Å²) in [6.07, 6.45) is 1.86. The van der Waals surface area contributed by atoms with Crippen molar-refractivity contribution in [3.8, 4) is 11.5 Å². The summed E-state index contributed by atoms with van der Waals surface area (Å²) in [5.74, 6) is 1.48. The molecule has 0 aromatic heterocycles. The van der Waals surface area contributed by atoms with E-state index in [2.05, 4.69) is 6.07 Å². The lowest BCUT2D eigenvalue weighted by Gasteiger charge is -2.36. The van der Waals surface area contributed by atoms with Gasteiger partial charge in [-0.3, -0.25) is 4.79 Å². The topological polar surface area (TPSA) is 64.8 Å². The smallest absolute Gasteiger partial charge is 0.170 e. The van der Waals surface area contributed by atoms with Crippen molar-refractivity contribution in [3.05, 3.63) is 47.5 Å². The molecule has 0 saturated heterocycles. The van der Waals surface area contributed by atoms with Crippen molar-refractivity contribution < 1.29 is 14.3 Å². The number of nitrogens with two attached hydrogens (primary N) is 1. The zero-order valence-electron chi connectivity index (χ0n) is 15.8. The van der Waals surface area contributed by atoms with Crippen LogP contribution in [0, 0.1) is 5.92 Å². The number of Topliss-reactive ketones (excluding diaryl/α,β-unsaturated/α-hetero) is 1. The number of nitrogens with zero attached hydrogens (tertiary/aromatic N) is 1. The van der Waals surface area contributed by atoms with Gasteiger partial charge in [-0.1, -0.05) is 6.07 Å². The molecule has 0 amide bonds. The Labute approximate surface area is 154 Å². The van der Waals surface area contributed by atoms with Crippen LogP contribution in [-0.2, 0) is 0 Å². The van der Waals surface area contributed by atoms with Gasteiger partial charge >= 0.3 is 0 Å². The van der Waals surface area contributed by atoms with Gasteiger partial charge in [0.25, 0.3) is 0 Å². The predicted octanol–water partition coefficient (Wildman–Crippen LogP) is 3.73. The molecule has 0 heterocycles. The number of ether oxygens (including phenoxy) is 2. The van der Waals surface area contributed by atoms with Crippen molar-refractivity contribution in [1.82, 2.24) is 0 Å². The molecule has 2 N–H and O–H groups in total. The first-order chi connectivity index (χ1) is 12.5. The van der Waals surface area contributed by atoms with Crippen molar-refractivity contribution in [3.63, 3.8) is 0 Å². The average Bonchev–Trinajstić information content (AvgIpc) is 2.59. The van der Waals surface area contributed by atoms with Crippen LogP contribution < -0.4 is 20.1 Å². The molecule has 0 spiro atoms. The molecular weight excluding hydrogens is 328 g/mol. The number of anilines is 2. The van der Waals surface area contributed by atoms with Crippen molar-refractivity contribution in [1.29, 1.82) is 0 Å². The molecule has 26 heavy (non-hydrogen) atoms. The van der Waals surface area contributed by atoms with Crippen molar-refractivity contribution in [2.24, 2.45) is 5.92 Å². The molecule has 1 saturated carbocycles. The zero-order chi connectivity index (χ0) is 18.8. The molecule has 138 valence electrons. The number of hydrogen-bond donors (Lipinski definition) is 1. The molecule has 1 fully saturated rings. The fourth-order valence-corrected chi connectivity index (χ4v) is 3.63. The first kappa shape index (κ1) is 18.1. The van der Waals surface area contributed by atoms with Crippen LogP contribution in [0.25, 0.3) is 0 Å². The summed E-state index contributed by atoms with van der Waals surface area (Å²) < 4.78 is 10.7. The number of benzene rings is 2. The molecule has 2 unspecified atom stereocenters. The maximum absolute atomic E-state index is 13.1. The van der Waals surface area contributed by atoms with Crippen LogP contribution >= 0.6 is 0 Å². The fourth-order valence-electron chi connectivity index (χ4n) is 3.63. The highest BCUT2D eigenvalue weighted by Crippen LogP contribution is 2.46. The lowest BCUT2D eigenvalue weighted by molar-refractivity contribution is 0.0815. The molecule has 2 aromatic carbocycles. The molecular formula is C21H26N2O3. The predicted molar refractivity (Wildman–Crippen MR) is 105 cm³/mol. The van der Waals surface area contributed by atoms with Crippen molar-refractivity contribution in [2.75, 3.05) is 38.9 Å². The third-order valence-electron chi connectivity index (χ3n) is 5.24. The SMILES string of the molecule is COc1ccc(OC)c(C(=O)C2CCC2c2ccc(N(C)C)c(N)c2)c1. The third kappa shape index (κ3) is 3.21. The van der Waals surface area contributed by atoms with E-state index < -0.39 is 0 Å². The van der Waals surface area contributed by atoms with Gasteiger partial charge in [-0.05, 0) is 54.7 Å². The Morgan fingerprint density at radius 3 is 2.38 bits per heavy atom. The summed E-state index contributed by atoms with van der Waals surface area (Å²) in [6, 6.07) is 11.5. The van der Waals surface area contributed by atoms with E-state index in [1.807, 2.05) is 31.1 Å². The van der Waals surface area contributed by atoms with E-state index in [9.17, 15) is 4.79 Å². The standard InChI is InChI=1S/C21H26N2O3/c1-23(2)19-9-5-13(11-18(19)22)15-7-8-16(15)21(24)17-12-14(25-3)6-10-20(17)26-4/h5-6,9-12,15-16H,7-8,22H2,1-4H3. The minimum Gasteiger partial charge on any atom is -0.497 e. The Morgan fingerprint density at radius 1 is 1.08 bits per heavy atom. The first-order valence-electron chi connectivity index (χ1n) is 8.79. The highest BCUT2D eigenvalue weighted by Gasteiger charge is 2.39. The Hall–Kier alpha value is -2.69. The molecule has 1 aliphatic rings. The van der Waals surface area contributed by atoms with Gasteiger partial charge in [-0.2, -0.15) is 0 Å². The molecule has 1 aliphatic carbocycles. The summed E-state index contributed by atoms with van der Waals surface area (Å²) in [6.45, 7) is 0. The second-order valence-corrected chi connectivity index (χ2v) is 6.93. The Bertz CT molecular complexity index is 817. The van der Waals surface area contributed by atoms with Gasteiger partial charge < -0.3 is 20.1 Å². The Morgan fingerprint density at radius 2 is 1.85 bits per heavy atom. The van der Waals surface area contributed by atoms with Gasteiger partial charge in [0.15, 0.2) is 5.78 Å². The van der Waals surface area contributed by atoms with Crippen LogP contribution in [0.1, 0.15) is 34.7 Å². The molecule has 0 radical (unpaired) electrons. The lowest BCUT2D eigenvalue weighted by Crippen LogP contribution is -2.31. The molecule has 5 heteroatoms. The minimum atomic E-state index is -0.0550. The summed E-state index contributed by atoms with van der Waals surface area (Å²) in [7, 11) is 7.11. The van der Waals surface area contributed by atoms with Crippen LogP contribution in [0.15, 0.2) is 36.4 Å². The number of nitrogen functional groups attached to an aromatic ring is 1. The third-order valence-corrected chi connectivity index (χ3v) is 5.24. The van der Waals surface area contributed by atoms with Crippen molar-refractivity contribution in [2.45, 2.75) is 18.8 Å². The largest absolute Gasteiger partial charge is 0.497 e. The fraction of sp³-hybridized carbons (Fsp3) is 0.381. The van der Waals surface area contributed by atoms with Crippen LogP contribution in [0.5, 0.6) is 11.5 Å². The van der Waals surface area contributed by atoms with Crippen LogP contribution in [0.2, 0.25) is 0 Å². The summed E-state index contributed by atoms with van der Waals surface area (Å²) in [4.78, 5) is 15.1. The van der Waals surface area contributed by atoms with Crippen molar-refractivity contribution >= 4 is 17.2 Å². The summed E-state index contributed by atoms with van der Waals surface area (Å²) in [5, 5.41) is 0. The summed E-state index contributed by atoms with van der Waals surface area (Å²) in [5.41, 5.74) is 9.63. The number of rotatable bonds is 6. The molecule has 2 atom stereocenters. The van der Waals surface area contributed by atoms with Crippen LogP contribution in [-0.4, -0.2) is 34.1 Å². The Balaban J connectivity index is 1.87. The number of ketones is 1. The van der Waals surface area contributed by atoms with Gasteiger partial charge in [0.05, 0.1) is 31.2 Å². The van der Waals surface area contributed by atoms with E-state index in [-0.39, 0.29) is 17.6 Å². The number of methoxy groups -OCH3 is 2. The molecule has 0 aliphatic heterocycles. The number of hydrogen-bond acceptors (Lipinski definition) is 5. The first-order valence-corrected chi connectivity index (χ1v) is 8.79. The Kier molecular flexibility index (Phi) is 5.07. The summed E-state index contributed by atoms with van der Waals surface area (Å²) >= 11 is 0. The highest BCUT2D eigenvalue weighted by atomic mass is 16.5. The second kappa shape index (κ2) is 7.28.